The Morgan fingerprint density at radius 2 is 1.84 bits per heavy atom. The molecule has 4 nitrogen and oxygen atoms in total. The molecule has 0 aliphatic carbocycles. The molecule has 0 amide bonds. The lowest BCUT2D eigenvalue weighted by atomic mass is 9.97. The monoisotopic (exact) mass is 353 g/mol. The number of nitrogens with zero attached hydrogens (tertiary/aromatic N) is 1. The molecule has 0 bridgehead atoms. The summed E-state index contributed by atoms with van der Waals surface area (Å²) < 4.78 is 6.08. The lowest BCUT2D eigenvalue weighted by Gasteiger charge is -2.09. The predicted octanol–water partition coefficient (Wildman–Crippen LogP) is 4.85. The molecule has 0 unspecified atom stereocenters. The number of thiazole rings is 1. The number of ketones is 1. The molecule has 2 aromatic carbocycles. The van der Waals surface area contributed by atoms with Gasteiger partial charge in [-0.1, -0.05) is 38.1 Å². The molecule has 0 fully saturated rings. The zero-order valence-electron chi connectivity index (χ0n) is 14.2. The van der Waals surface area contributed by atoms with Crippen LogP contribution in [0.15, 0.2) is 48.0 Å². The molecule has 5 heteroatoms. The van der Waals surface area contributed by atoms with Crippen LogP contribution in [-0.2, 0) is 4.74 Å². The van der Waals surface area contributed by atoms with Gasteiger partial charge < -0.3 is 4.74 Å². The molecule has 0 spiro atoms. The number of Topliss-reactive ketones (excluding diaryl/α,β-unsaturated/α-hetero) is 1. The Balaban J connectivity index is 1.62. The fourth-order valence-corrected chi connectivity index (χ4v) is 3.23. The van der Waals surface area contributed by atoms with E-state index in [4.69, 9.17) is 4.74 Å². The molecule has 128 valence electrons. The van der Waals surface area contributed by atoms with Gasteiger partial charge in [0.05, 0.1) is 21.3 Å². The highest BCUT2D eigenvalue weighted by molar-refractivity contribution is 7.16. The Kier molecular flexibility index (Phi) is 5.24. The van der Waals surface area contributed by atoms with E-state index in [-0.39, 0.29) is 12.4 Å². The first kappa shape index (κ1) is 17.3. The van der Waals surface area contributed by atoms with Gasteiger partial charge in [-0.2, -0.15) is 0 Å². The third kappa shape index (κ3) is 3.94. The van der Waals surface area contributed by atoms with Gasteiger partial charge >= 0.3 is 5.97 Å². The van der Waals surface area contributed by atoms with Crippen molar-refractivity contribution in [2.24, 2.45) is 0 Å². The normalized spacial score (nSPS) is 12.1. The van der Waals surface area contributed by atoms with Crippen LogP contribution in [0.25, 0.3) is 10.2 Å². The van der Waals surface area contributed by atoms with Crippen LogP contribution in [-0.4, -0.2) is 23.3 Å². The second-order valence-electron chi connectivity index (χ2n) is 5.97. The van der Waals surface area contributed by atoms with E-state index in [1.54, 1.807) is 35.8 Å². The fraction of sp³-hybridized carbons (Fsp3) is 0.250. The molecule has 0 saturated carbocycles. The average Bonchev–Trinajstić information content (AvgIpc) is 3.13. The summed E-state index contributed by atoms with van der Waals surface area (Å²) in [7, 11) is 0. The van der Waals surface area contributed by atoms with E-state index in [2.05, 4.69) is 18.8 Å². The Morgan fingerprint density at radius 3 is 2.56 bits per heavy atom. The van der Waals surface area contributed by atoms with Gasteiger partial charge in [0.2, 0.25) is 0 Å². The summed E-state index contributed by atoms with van der Waals surface area (Å²) >= 11 is 1.46. The van der Waals surface area contributed by atoms with Gasteiger partial charge in [0.15, 0.2) is 12.4 Å². The summed E-state index contributed by atoms with van der Waals surface area (Å²) in [6, 6.07) is 12.7. The van der Waals surface area contributed by atoms with Gasteiger partial charge in [-0.15, -0.1) is 11.3 Å². The zero-order chi connectivity index (χ0) is 17.8. The number of carbonyl (C=O) groups is 2. The SMILES string of the molecule is CC[C@H](C)c1ccc(C(=O)COC(=O)c2ccc3ncsc3c2)cc1. The fourth-order valence-electron chi connectivity index (χ4n) is 2.51. The molecule has 1 aromatic heterocycles. The average molecular weight is 353 g/mol. The van der Waals surface area contributed by atoms with E-state index in [0.29, 0.717) is 17.0 Å². The van der Waals surface area contributed by atoms with Crippen LogP contribution in [0.1, 0.15) is 52.5 Å². The van der Waals surface area contributed by atoms with Gasteiger partial charge in [-0.25, -0.2) is 9.78 Å². The number of aromatic nitrogens is 1. The zero-order valence-corrected chi connectivity index (χ0v) is 15.0. The highest BCUT2D eigenvalue weighted by Gasteiger charge is 2.13. The molecule has 1 heterocycles. The van der Waals surface area contributed by atoms with E-state index in [0.717, 1.165) is 16.6 Å². The van der Waals surface area contributed by atoms with Gasteiger partial charge in [0.25, 0.3) is 0 Å². The first-order valence-electron chi connectivity index (χ1n) is 8.22. The van der Waals surface area contributed by atoms with Crippen LogP contribution in [0.5, 0.6) is 0 Å². The number of carbonyl (C=O) groups excluding carboxylic acids is 2. The number of benzene rings is 2. The summed E-state index contributed by atoms with van der Waals surface area (Å²) in [4.78, 5) is 28.5. The summed E-state index contributed by atoms with van der Waals surface area (Å²) in [6.45, 7) is 4.02. The van der Waals surface area contributed by atoms with Crippen LogP contribution in [0, 0.1) is 0 Å². The number of hydrogen-bond acceptors (Lipinski definition) is 5. The molecule has 0 aliphatic rings. The lowest BCUT2D eigenvalue weighted by Crippen LogP contribution is -2.14. The highest BCUT2D eigenvalue weighted by Crippen LogP contribution is 2.20. The van der Waals surface area contributed by atoms with Crippen molar-refractivity contribution >= 4 is 33.3 Å². The Hall–Kier alpha value is -2.53. The Labute approximate surface area is 150 Å². The lowest BCUT2D eigenvalue weighted by molar-refractivity contribution is 0.0475. The summed E-state index contributed by atoms with van der Waals surface area (Å²) in [6.07, 6.45) is 1.05. The maximum Gasteiger partial charge on any atom is 0.338 e. The second-order valence-corrected chi connectivity index (χ2v) is 6.85. The smallest absolute Gasteiger partial charge is 0.338 e. The van der Waals surface area contributed by atoms with E-state index >= 15 is 0 Å². The molecule has 1 atom stereocenters. The number of ether oxygens (including phenoxy) is 1. The van der Waals surface area contributed by atoms with Crippen molar-refractivity contribution in [3.8, 4) is 0 Å². The van der Waals surface area contributed by atoms with Crippen LogP contribution < -0.4 is 0 Å². The molecule has 3 aromatic rings. The predicted molar refractivity (Wildman–Crippen MR) is 99.4 cm³/mol. The Bertz CT molecular complexity index is 899. The van der Waals surface area contributed by atoms with Gasteiger partial charge in [0, 0.05) is 5.56 Å². The minimum Gasteiger partial charge on any atom is -0.454 e. The molecule has 0 N–H and O–H groups in total. The van der Waals surface area contributed by atoms with Crippen molar-refractivity contribution in [3.05, 3.63) is 64.7 Å². The quantitative estimate of drug-likeness (QED) is 0.469. The van der Waals surface area contributed by atoms with Crippen molar-refractivity contribution in [2.45, 2.75) is 26.2 Å². The van der Waals surface area contributed by atoms with Crippen molar-refractivity contribution in [2.75, 3.05) is 6.61 Å². The topological polar surface area (TPSA) is 56.3 Å². The van der Waals surface area contributed by atoms with Gasteiger partial charge in [-0.05, 0) is 36.1 Å². The summed E-state index contributed by atoms with van der Waals surface area (Å²) in [5.41, 5.74) is 4.76. The van der Waals surface area contributed by atoms with Crippen molar-refractivity contribution < 1.29 is 14.3 Å². The largest absolute Gasteiger partial charge is 0.454 e. The Morgan fingerprint density at radius 1 is 1.12 bits per heavy atom. The summed E-state index contributed by atoms with van der Waals surface area (Å²) in [5.74, 6) is -0.244. The van der Waals surface area contributed by atoms with Crippen molar-refractivity contribution in [3.63, 3.8) is 0 Å². The second kappa shape index (κ2) is 7.57. The molecule has 25 heavy (non-hydrogen) atoms. The first-order valence-corrected chi connectivity index (χ1v) is 9.10. The standard InChI is InChI=1S/C20H19NO3S/c1-3-13(2)14-4-6-15(7-5-14)18(22)11-24-20(23)16-8-9-17-19(10-16)25-12-21-17/h4-10,12-13H,3,11H2,1-2H3/t13-/m0/s1. The molecular weight excluding hydrogens is 334 g/mol. The molecular formula is C20H19NO3S. The maximum atomic E-state index is 12.2. The number of rotatable bonds is 6. The molecule has 0 aliphatic heterocycles. The number of fused-ring (bicyclic) bond motifs is 1. The highest BCUT2D eigenvalue weighted by atomic mass is 32.1. The van der Waals surface area contributed by atoms with E-state index < -0.39 is 5.97 Å². The van der Waals surface area contributed by atoms with Crippen LogP contribution >= 0.6 is 11.3 Å². The third-order valence-corrected chi connectivity index (χ3v) is 5.11. The van der Waals surface area contributed by atoms with Gasteiger partial charge in [0.1, 0.15) is 0 Å². The van der Waals surface area contributed by atoms with E-state index in [9.17, 15) is 9.59 Å². The third-order valence-electron chi connectivity index (χ3n) is 4.32. The molecule has 0 radical (unpaired) electrons. The van der Waals surface area contributed by atoms with Crippen LogP contribution in [0.3, 0.4) is 0 Å². The summed E-state index contributed by atoms with van der Waals surface area (Å²) in [5, 5.41) is 0. The number of hydrogen-bond donors (Lipinski definition) is 0. The minimum atomic E-state index is -0.500. The molecule has 3 rings (SSSR count). The first-order chi connectivity index (χ1) is 12.1. The van der Waals surface area contributed by atoms with E-state index in [1.165, 1.54) is 16.9 Å². The minimum absolute atomic E-state index is 0.206. The van der Waals surface area contributed by atoms with Crippen molar-refractivity contribution in [1.82, 2.24) is 4.98 Å². The maximum absolute atomic E-state index is 12.2. The van der Waals surface area contributed by atoms with E-state index in [1.807, 2.05) is 12.1 Å². The molecule has 0 saturated heterocycles. The van der Waals surface area contributed by atoms with Crippen LogP contribution in [0.4, 0.5) is 0 Å². The van der Waals surface area contributed by atoms with Crippen molar-refractivity contribution in [1.29, 1.82) is 0 Å². The number of esters is 1. The van der Waals surface area contributed by atoms with Gasteiger partial charge in [-0.3, -0.25) is 4.79 Å². The van der Waals surface area contributed by atoms with Crippen LogP contribution in [0.2, 0.25) is 0 Å².